The van der Waals surface area contributed by atoms with Crippen molar-refractivity contribution >= 4 is 15.9 Å². The molecule has 3 rings (SSSR count). The van der Waals surface area contributed by atoms with Gasteiger partial charge in [-0.1, -0.05) is 46.3 Å². The summed E-state index contributed by atoms with van der Waals surface area (Å²) in [4.78, 5) is 0. The third kappa shape index (κ3) is 5.76. The lowest BCUT2D eigenvalue weighted by Crippen LogP contribution is -1.94. The molecule has 1 heterocycles. The van der Waals surface area contributed by atoms with Gasteiger partial charge in [-0.2, -0.15) is 0 Å². The maximum absolute atomic E-state index is 5.63. The van der Waals surface area contributed by atoms with Gasteiger partial charge in [0.2, 0.25) is 0 Å². The summed E-state index contributed by atoms with van der Waals surface area (Å²) in [5, 5.41) is 0. The summed E-state index contributed by atoms with van der Waals surface area (Å²) in [7, 11) is 0. The van der Waals surface area contributed by atoms with Crippen molar-refractivity contribution in [1.82, 2.24) is 0 Å². The number of ether oxygens (including phenoxy) is 2. The molecule has 0 unspecified atom stereocenters. The summed E-state index contributed by atoms with van der Waals surface area (Å²) < 4.78 is 11.6. The number of rotatable bonds is 3. The zero-order valence-corrected chi connectivity index (χ0v) is 13.0. The molecule has 0 aromatic heterocycles. The summed E-state index contributed by atoms with van der Waals surface area (Å²) in [6, 6.07) is 18.0. The molecule has 3 heteroatoms. The van der Waals surface area contributed by atoms with E-state index >= 15 is 0 Å². The van der Waals surface area contributed by atoms with Crippen LogP contribution in [0.2, 0.25) is 0 Å². The average molecular weight is 335 g/mol. The molecule has 2 aromatic carbocycles. The fourth-order valence-electron chi connectivity index (χ4n) is 1.78. The van der Waals surface area contributed by atoms with Crippen molar-refractivity contribution in [2.24, 2.45) is 0 Å². The Bertz CT molecular complexity index is 470. The van der Waals surface area contributed by atoms with Crippen LogP contribution in [0.5, 0.6) is 5.75 Å². The Balaban J connectivity index is 0.000000247. The van der Waals surface area contributed by atoms with Crippen LogP contribution in [0.4, 0.5) is 0 Å². The Kier molecular flexibility index (Phi) is 6.61. The Morgan fingerprint density at radius 2 is 1.55 bits per heavy atom. The van der Waals surface area contributed by atoms with E-state index in [2.05, 4.69) is 28.1 Å². The van der Waals surface area contributed by atoms with Crippen molar-refractivity contribution in [3.8, 4) is 5.75 Å². The molecule has 0 amide bonds. The molecular formula is C17H19BrO2. The normalized spacial score (nSPS) is 13.4. The van der Waals surface area contributed by atoms with Crippen LogP contribution >= 0.6 is 15.9 Å². The molecule has 1 aliphatic rings. The van der Waals surface area contributed by atoms with Crippen molar-refractivity contribution < 1.29 is 9.47 Å². The standard InChI is InChI=1S/C13H11BrO.C4H8O/c14-12-6-8-13(9-7-12)15-10-11-4-2-1-3-5-11;1-2-4-5-3-1/h1-9H,10H2;1-4H2. The molecule has 0 bridgehead atoms. The molecule has 106 valence electrons. The molecule has 1 aliphatic heterocycles. The number of hydrogen-bond donors (Lipinski definition) is 0. The van der Waals surface area contributed by atoms with Gasteiger partial charge in [-0.3, -0.25) is 0 Å². The van der Waals surface area contributed by atoms with Crippen molar-refractivity contribution in [2.45, 2.75) is 19.4 Å². The molecule has 0 radical (unpaired) electrons. The smallest absolute Gasteiger partial charge is 0.119 e. The lowest BCUT2D eigenvalue weighted by Gasteiger charge is -2.05. The van der Waals surface area contributed by atoms with Gasteiger partial charge in [0.05, 0.1) is 0 Å². The fourth-order valence-corrected chi connectivity index (χ4v) is 2.05. The van der Waals surface area contributed by atoms with Crippen molar-refractivity contribution in [1.29, 1.82) is 0 Å². The van der Waals surface area contributed by atoms with Gasteiger partial charge in [0.15, 0.2) is 0 Å². The molecular weight excluding hydrogens is 316 g/mol. The molecule has 1 fully saturated rings. The Morgan fingerprint density at radius 3 is 2.10 bits per heavy atom. The van der Waals surface area contributed by atoms with E-state index in [9.17, 15) is 0 Å². The first-order valence-electron chi connectivity index (χ1n) is 6.84. The Labute approximate surface area is 128 Å². The van der Waals surface area contributed by atoms with E-state index < -0.39 is 0 Å². The highest BCUT2D eigenvalue weighted by Gasteiger charge is 1.95. The highest BCUT2D eigenvalue weighted by molar-refractivity contribution is 9.10. The third-order valence-electron chi connectivity index (χ3n) is 2.89. The minimum atomic E-state index is 0.614. The summed E-state index contributed by atoms with van der Waals surface area (Å²) in [5.41, 5.74) is 1.18. The summed E-state index contributed by atoms with van der Waals surface area (Å²) >= 11 is 3.39. The fraction of sp³-hybridized carbons (Fsp3) is 0.294. The van der Waals surface area contributed by atoms with Crippen LogP contribution in [0.15, 0.2) is 59.1 Å². The molecule has 0 spiro atoms. The van der Waals surface area contributed by atoms with Crippen molar-refractivity contribution in [2.75, 3.05) is 13.2 Å². The van der Waals surface area contributed by atoms with Gasteiger partial charge in [0.25, 0.3) is 0 Å². The second-order valence-corrected chi connectivity index (χ2v) is 5.46. The Morgan fingerprint density at radius 1 is 0.900 bits per heavy atom. The van der Waals surface area contributed by atoms with Gasteiger partial charge in [-0.05, 0) is 42.7 Å². The zero-order chi connectivity index (χ0) is 14.0. The minimum absolute atomic E-state index is 0.614. The Hall–Kier alpha value is -1.32. The summed E-state index contributed by atoms with van der Waals surface area (Å²) in [6.45, 7) is 2.61. The van der Waals surface area contributed by atoms with E-state index in [1.807, 2.05) is 42.5 Å². The third-order valence-corrected chi connectivity index (χ3v) is 3.42. The maximum Gasteiger partial charge on any atom is 0.119 e. The molecule has 0 aliphatic carbocycles. The number of halogens is 1. The lowest BCUT2D eigenvalue weighted by molar-refractivity contribution is 0.198. The predicted octanol–water partition coefficient (Wildman–Crippen LogP) is 4.82. The van der Waals surface area contributed by atoms with Gasteiger partial charge in [0.1, 0.15) is 12.4 Å². The predicted molar refractivity (Wildman–Crippen MR) is 85.0 cm³/mol. The van der Waals surface area contributed by atoms with E-state index in [4.69, 9.17) is 9.47 Å². The van der Waals surface area contributed by atoms with Crippen LogP contribution in [0.3, 0.4) is 0 Å². The molecule has 20 heavy (non-hydrogen) atoms. The summed E-state index contributed by atoms with van der Waals surface area (Å²) in [6.07, 6.45) is 2.56. The second kappa shape index (κ2) is 8.77. The number of benzene rings is 2. The van der Waals surface area contributed by atoms with E-state index in [0.717, 1.165) is 23.4 Å². The maximum atomic E-state index is 5.63. The van der Waals surface area contributed by atoms with Crippen LogP contribution in [0.1, 0.15) is 18.4 Å². The zero-order valence-electron chi connectivity index (χ0n) is 11.4. The molecule has 0 atom stereocenters. The van der Waals surface area contributed by atoms with E-state index in [1.54, 1.807) is 0 Å². The van der Waals surface area contributed by atoms with Crippen LogP contribution in [-0.4, -0.2) is 13.2 Å². The first kappa shape index (κ1) is 15.1. The molecule has 1 saturated heterocycles. The van der Waals surface area contributed by atoms with Crippen LogP contribution in [-0.2, 0) is 11.3 Å². The van der Waals surface area contributed by atoms with E-state index in [0.29, 0.717) is 6.61 Å². The molecule has 2 nitrogen and oxygen atoms in total. The van der Waals surface area contributed by atoms with Crippen LogP contribution in [0, 0.1) is 0 Å². The largest absolute Gasteiger partial charge is 0.489 e. The van der Waals surface area contributed by atoms with Crippen molar-refractivity contribution in [3.63, 3.8) is 0 Å². The van der Waals surface area contributed by atoms with Gasteiger partial charge >= 0.3 is 0 Å². The topological polar surface area (TPSA) is 18.5 Å². The first-order valence-corrected chi connectivity index (χ1v) is 7.64. The summed E-state index contributed by atoms with van der Waals surface area (Å²) in [5.74, 6) is 0.891. The van der Waals surface area contributed by atoms with Crippen LogP contribution < -0.4 is 4.74 Å². The quantitative estimate of drug-likeness (QED) is 0.800. The SMILES string of the molecule is Brc1ccc(OCc2ccccc2)cc1.C1CCOC1. The van der Waals surface area contributed by atoms with Gasteiger partial charge in [0, 0.05) is 17.7 Å². The highest BCUT2D eigenvalue weighted by Crippen LogP contribution is 2.17. The highest BCUT2D eigenvalue weighted by atomic mass is 79.9. The first-order chi connectivity index (χ1) is 9.84. The molecule has 0 saturated carbocycles. The second-order valence-electron chi connectivity index (χ2n) is 4.55. The van der Waals surface area contributed by atoms with E-state index in [-0.39, 0.29) is 0 Å². The van der Waals surface area contributed by atoms with Gasteiger partial charge in [-0.15, -0.1) is 0 Å². The van der Waals surface area contributed by atoms with Gasteiger partial charge in [-0.25, -0.2) is 0 Å². The average Bonchev–Trinajstić information content (AvgIpc) is 3.07. The van der Waals surface area contributed by atoms with Gasteiger partial charge < -0.3 is 9.47 Å². The lowest BCUT2D eigenvalue weighted by atomic mass is 10.2. The minimum Gasteiger partial charge on any atom is -0.489 e. The van der Waals surface area contributed by atoms with E-state index in [1.165, 1.54) is 18.4 Å². The van der Waals surface area contributed by atoms with Crippen molar-refractivity contribution in [3.05, 3.63) is 64.6 Å². The molecule has 2 aromatic rings. The monoisotopic (exact) mass is 334 g/mol. The number of hydrogen-bond acceptors (Lipinski definition) is 2. The molecule has 0 N–H and O–H groups in total. The van der Waals surface area contributed by atoms with Crippen LogP contribution in [0.25, 0.3) is 0 Å².